The molecule has 1 aliphatic rings. The molecule has 1 unspecified atom stereocenters. The van der Waals surface area contributed by atoms with E-state index in [0.717, 1.165) is 34.6 Å². The highest BCUT2D eigenvalue weighted by Gasteiger charge is 2.34. The molecule has 3 N–H and O–H groups in total. The van der Waals surface area contributed by atoms with Gasteiger partial charge in [-0.3, -0.25) is 14.4 Å². The van der Waals surface area contributed by atoms with Crippen LogP contribution < -0.4 is 25.4 Å². The average Bonchev–Trinajstić information content (AvgIpc) is 3.50. The fraction of sp³-hybridized carbons (Fsp3) is 0.300. The lowest BCUT2D eigenvalue weighted by atomic mass is 9.72. The third-order valence-corrected chi connectivity index (χ3v) is 11.0. The van der Waals surface area contributed by atoms with Crippen LogP contribution in [0.15, 0.2) is 83.4 Å². The number of thioether (sulfide) groups is 1. The van der Waals surface area contributed by atoms with Gasteiger partial charge in [0.2, 0.25) is 5.91 Å². The van der Waals surface area contributed by atoms with Gasteiger partial charge in [0.1, 0.15) is 10.7 Å². The van der Waals surface area contributed by atoms with E-state index < -0.39 is 17.8 Å². The summed E-state index contributed by atoms with van der Waals surface area (Å²) in [4.78, 5) is 54.8. The normalized spacial score (nSPS) is 14.1. The van der Waals surface area contributed by atoms with E-state index in [0.29, 0.717) is 44.8 Å². The van der Waals surface area contributed by atoms with Crippen molar-refractivity contribution in [3.8, 4) is 11.5 Å². The van der Waals surface area contributed by atoms with Gasteiger partial charge in [-0.2, -0.15) is 0 Å². The number of para-hydroxylation sites is 1. The minimum Gasteiger partial charge on any atom is -0.493 e. The molecular weight excluding hydrogens is 699 g/mol. The molecule has 0 fully saturated rings. The van der Waals surface area contributed by atoms with Gasteiger partial charge in [-0.05, 0) is 78.6 Å². The van der Waals surface area contributed by atoms with Crippen molar-refractivity contribution in [2.75, 3.05) is 37.7 Å². The second-order valence-electron chi connectivity index (χ2n) is 13.3. The number of methoxy groups -OCH3 is 3. The summed E-state index contributed by atoms with van der Waals surface area (Å²) in [7, 11) is 4.36. The first-order valence-electron chi connectivity index (χ1n) is 16.8. The second-order valence-corrected chi connectivity index (χ2v) is 15.4. The number of hydrogen-bond acceptors (Lipinski definition) is 9. The Hall–Kier alpha value is -5.07. The number of carbonyl (C=O) groups is 4. The molecule has 10 nitrogen and oxygen atoms in total. The van der Waals surface area contributed by atoms with Crippen LogP contribution in [0.2, 0.25) is 0 Å². The van der Waals surface area contributed by atoms with Gasteiger partial charge in [-0.25, -0.2) is 4.79 Å². The Labute approximate surface area is 312 Å². The van der Waals surface area contributed by atoms with Crippen LogP contribution >= 0.6 is 23.1 Å². The molecule has 0 radical (unpaired) electrons. The molecule has 5 rings (SSSR count). The molecule has 12 heteroatoms. The van der Waals surface area contributed by atoms with Gasteiger partial charge in [-0.15, -0.1) is 23.1 Å². The number of esters is 1. The Balaban J connectivity index is 1.30. The van der Waals surface area contributed by atoms with Crippen LogP contribution in [0.5, 0.6) is 11.5 Å². The van der Waals surface area contributed by atoms with E-state index in [1.165, 1.54) is 50.5 Å². The summed E-state index contributed by atoms with van der Waals surface area (Å²) >= 11 is 2.74. The summed E-state index contributed by atoms with van der Waals surface area (Å²) in [6.45, 7) is 6.70. The number of amides is 3. The fourth-order valence-corrected chi connectivity index (χ4v) is 8.12. The van der Waals surface area contributed by atoms with Gasteiger partial charge in [0.15, 0.2) is 11.5 Å². The number of carbonyl (C=O) groups excluding carboxylic acids is 4. The van der Waals surface area contributed by atoms with E-state index in [1.54, 1.807) is 66.7 Å². The number of nitrogens with one attached hydrogen (secondary N) is 3. The molecule has 1 aromatic heterocycles. The lowest BCUT2D eigenvalue weighted by Crippen LogP contribution is -2.30. The molecule has 3 amide bonds. The molecule has 3 aromatic carbocycles. The maximum atomic E-state index is 13.7. The minimum absolute atomic E-state index is 0.0216. The zero-order valence-electron chi connectivity index (χ0n) is 30.1. The van der Waals surface area contributed by atoms with Crippen LogP contribution in [-0.4, -0.2) is 50.8 Å². The number of thiophene rings is 1. The monoisotopic (exact) mass is 741 g/mol. The molecule has 0 saturated heterocycles. The summed E-state index contributed by atoms with van der Waals surface area (Å²) in [5.74, 6) is -0.334. The second kappa shape index (κ2) is 17.0. The summed E-state index contributed by atoms with van der Waals surface area (Å²) in [5.41, 5.74) is 2.90. The van der Waals surface area contributed by atoms with Crippen LogP contribution in [0, 0.1) is 11.3 Å². The fourth-order valence-electron chi connectivity index (χ4n) is 6.03. The highest BCUT2D eigenvalue weighted by Crippen LogP contribution is 2.44. The summed E-state index contributed by atoms with van der Waals surface area (Å²) in [5, 5.41) is 9.08. The van der Waals surface area contributed by atoms with Gasteiger partial charge in [-0.1, -0.05) is 57.2 Å². The Morgan fingerprint density at radius 3 is 2.37 bits per heavy atom. The highest BCUT2D eigenvalue weighted by molar-refractivity contribution is 8.00. The van der Waals surface area contributed by atoms with Crippen molar-refractivity contribution in [3.05, 3.63) is 106 Å². The van der Waals surface area contributed by atoms with Crippen LogP contribution in [0.1, 0.15) is 63.9 Å². The van der Waals surface area contributed by atoms with E-state index in [4.69, 9.17) is 14.2 Å². The van der Waals surface area contributed by atoms with Crippen LogP contribution in [0.3, 0.4) is 0 Å². The number of benzene rings is 3. The highest BCUT2D eigenvalue weighted by atomic mass is 32.2. The standard InChI is InChI=1S/C40H43N3O7S2/c1-40(2,3)26-18-19-29-32(21-26)52-38(34(29)39(47)50-6)43-33(44)23-51-28-16-11-15-27(22-28)41-37(46)30(42-36(45)24-12-8-7-9-13-24)20-25-14-10-17-31(48-4)35(25)49-5/h7-17,20,22,26H,18-19,21,23H2,1-6H3,(H,41,46)(H,42,45)(H,43,44)/b30-20+. The van der Waals surface area contributed by atoms with Crippen molar-refractivity contribution in [1.29, 1.82) is 0 Å². The number of fused-ring (bicyclic) bond motifs is 1. The van der Waals surface area contributed by atoms with E-state index in [2.05, 4.69) is 36.7 Å². The third kappa shape index (κ3) is 9.23. The van der Waals surface area contributed by atoms with E-state index in [-0.39, 0.29) is 22.8 Å². The van der Waals surface area contributed by atoms with E-state index in [9.17, 15) is 19.2 Å². The molecule has 272 valence electrons. The van der Waals surface area contributed by atoms with Crippen molar-refractivity contribution in [1.82, 2.24) is 5.32 Å². The smallest absolute Gasteiger partial charge is 0.341 e. The van der Waals surface area contributed by atoms with Crippen molar-refractivity contribution < 1.29 is 33.4 Å². The molecule has 4 aromatic rings. The molecule has 0 saturated carbocycles. The van der Waals surface area contributed by atoms with Crippen LogP contribution in [0.25, 0.3) is 6.08 Å². The molecule has 0 bridgehead atoms. The van der Waals surface area contributed by atoms with Crippen molar-refractivity contribution >= 4 is 63.6 Å². The number of ether oxygens (including phenoxy) is 3. The van der Waals surface area contributed by atoms with Gasteiger partial charge >= 0.3 is 5.97 Å². The quantitative estimate of drug-likeness (QED) is 0.0761. The minimum atomic E-state index is -0.570. The van der Waals surface area contributed by atoms with Gasteiger partial charge in [0.25, 0.3) is 11.8 Å². The zero-order valence-corrected chi connectivity index (χ0v) is 31.7. The Bertz CT molecular complexity index is 1980. The summed E-state index contributed by atoms with van der Waals surface area (Å²) < 4.78 is 16.1. The Morgan fingerprint density at radius 2 is 1.67 bits per heavy atom. The predicted octanol–water partition coefficient (Wildman–Crippen LogP) is 7.84. The number of hydrogen-bond donors (Lipinski definition) is 3. The van der Waals surface area contributed by atoms with Crippen LogP contribution in [0.4, 0.5) is 10.7 Å². The first-order valence-corrected chi connectivity index (χ1v) is 18.6. The SMILES string of the molecule is COC(=O)c1c(NC(=O)CSc2cccc(NC(=O)/C(=C\c3cccc(OC)c3OC)NC(=O)c3ccccc3)c2)sc2c1CCC(C(C)(C)C)C2. The van der Waals surface area contributed by atoms with Gasteiger partial charge in [0, 0.05) is 26.6 Å². The topological polar surface area (TPSA) is 132 Å². The molecule has 1 atom stereocenters. The summed E-state index contributed by atoms with van der Waals surface area (Å²) in [6, 6.07) is 20.9. The lowest BCUT2D eigenvalue weighted by Gasteiger charge is -2.33. The van der Waals surface area contributed by atoms with E-state index >= 15 is 0 Å². The molecule has 52 heavy (non-hydrogen) atoms. The van der Waals surface area contributed by atoms with Crippen molar-refractivity contribution in [2.45, 2.75) is 44.9 Å². The molecule has 1 aliphatic carbocycles. The maximum absolute atomic E-state index is 13.7. The predicted molar refractivity (Wildman–Crippen MR) is 206 cm³/mol. The van der Waals surface area contributed by atoms with Gasteiger partial charge in [0.05, 0.1) is 32.6 Å². The summed E-state index contributed by atoms with van der Waals surface area (Å²) in [6.07, 6.45) is 4.12. The molecule has 0 aliphatic heterocycles. The van der Waals surface area contributed by atoms with Crippen LogP contribution in [-0.2, 0) is 27.2 Å². The Kier molecular flexibility index (Phi) is 12.5. The molecular formula is C40H43N3O7S2. The van der Waals surface area contributed by atoms with E-state index in [1.807, 2.05) is 6.07 Å². The number of anilines is 2. The maximum Gasteiger partial charge on any atom is 0.341 e. The lowest BCUT2D eigenvalue weighted by molar-refractivity contribution is -0.114. The third-order valence-electron chi connectivity index (χ3n) is 8.86. The molecule has 0 spiro atoms. The molecule has 1 heterocycles. The Morgan fingerprint density at radius 1 is 0.923 bits per heavy atom. The zero-order chi connectivity index (χ0) is 37.4. The average molecular weight is 742 g/mol. The first-order chi connectivity index (χ1) is 24.9. The van der Waals surface area contributed by atoms with Crippen molar-refractivity contribution in [2.24, 2.45) is 11.3 Å². The number of rotatable bonds is 12. The largest absolute Gasteiger partial charge is 0.493 e. The van der Waals surface area contributed by atoms with Crippen molar-refractivity contribution in [3.63, 3.8) is 0 Å². The first kappa shape index (κ1) is 38.2. The van der Waals surface area contributed by atoms with Gasteiger partial charge < -0.3 is 30.2 Å².